The van der Waals surface area contributed by atoms with Gasteiger partial charge in [-0.1, -0.05) is 12.1 Å². The first-order valence-electron chi connectivity index (χ1n) is 5.82. The van der Waals surface area contributed by atoms with E-state index in [0.717, 1.165) is 22.5 Å². The van der Waals surface area contributed by atoms with Crippen LogP contribution in [0.15, 0.2) is 36.8 Å². The van der Waals surface area contributed by atoms with Crippen LogP contribution in [-0.4, -0.2) is 26.6 Å². The first-order valence-corrected chi connectivity index (χ1v) is 5.82. The summed E-state index contributed by atoms with van der Waals surface area (Å²) in [7, 11) is 1.65. The van der Waals surface area contributed by atoms with Gasteiger partial charge < -0.3 is 15.0 Å². The maximum atomic E-state index is 5.61. The standard InChI is InChI=1S/C13H13N5O/c1-19-10-4-2-3-9(5-10)7-18-8-16-11-6-15-13(14)17-12(11)18/h2-6,8H,7H2,1H3,(H2,14,15,17). The molecule has 0 aliphatic rings. The summed E-state index contributed by atoms with van der Waals surface area (Å²) < 4.78 is 7.14. The van der Waals surface area contributed by atoms with E-state index in [9.17, 15) is 0 Å². The minimum absolute atomic E-state index is 0.250. The van der Waals surface area contributed by atoms with Crippen LogP contribution >= 0.6 is 0 Å². The van der Waals surface area contributed by atoms with E-state index >= 15 is 0 Å². The van der Waals surface area contributed by atoms with Gasteiger partial charge in [0.1, 0.15) is 11.3 Å². The minimum atomic E-state index is 0.250. The summed E-state index contributed by atoms with van der Waals surface area (Å²) in [4.78, 5) is 12.4. The molecule has 2 N–H and O–H groups in total. The lowest BCUT2D eigenvalue weighted by Gasteiger charge is -2.06. The molecule has 0 saturated carbocycles. The fourth-order valence-corrected chi connectivity index (χ4v) is 1.95. The van der Waals surface area contributed by atoms with Crippen LogP contribution in [0.1, 0.15) is 5.56 Å². The fraction of sp³-hybridized carbons (Fsp3) is 0.154. The van der Waals surface area contributed by atoms with Crippen LogP contribution < -0.4 is 10.5 Å². The van der Waals surface area contributed by atoms with Gasteiger partial charge in [-0.25, -0.2) is 9.97 Å². The Hall–Kier alpha value is -2.63. The van der Waals surface area contributed by atoms with Crippen LogP contribution in [0.2, 0.25) is 0 Å². The number of anilines is 1. The van der Waals surface area contributed by atoms with Crippen molar-refractivity contribution in [1.82, 2.24) is 19.5 Å². The number of benzene rings is 1. The van der Waals surface area contributed by atoms with Crippen LogP contribution in [0.3, 0.4) is 0 Å². The lowest BCUT2D eigenvalue weighted by atomic mass is 10.2. The van der Waals surface area contributed by atoms with E-state index in [1.165, 1.54) is 0 Å². The molecule has 0 radical (unpaired) electrons. The first-order chi connectivity index (χ1) is 9.26. The molecule has 2 aromatic heterocycles. The van der Waals surface area contributed by atoms with Gasteiger partial charge >= 0.3 is 0 Å². The second-order valence-electron chi connectivity index (χ2n) is 4.16. The van der Waals surface area contributed by atoms with E-state index in [-0.39, 0.29) is 5.95 Å². The molecular weight excluding hydrogens is 242 g/mol. The van der Waals surface area contributed by atoms with Crippen LogP contribution in [0.4, 0.5) is 5.95 Å². The molecule has 0 aliphatic heterocycles. The van der Waals surface area contributed by atoms with Gasteiger partial charge in [0.25, 0.3) is 0 Å². The van der Waals surface area contributed by atoms with Crippen LogP contribution in [0.25, 0.3) is 11.2 Å². The Balaban J connectivity index is 1.98. The van der Waals surface area contributed by atoms with Crippen molar-refractivity contribution in [1.29, 1.82) is 0 Å². The molecule has 6 heteroatoms. The number of hydrogen-bond donors (Lipinski definition) is 1. The summed E-state index contributed by atoms with van der Waals surface area (Å²) in [5.74, 6) is 1.08. The van der Waals surface area contributed by atoms with Crippen LogP contribution in [0.5, 0.6) is 5.75 Å². The molecular formula is C13H13N5O. The Morgan fingerprint density at radius 2 is 2.21 bits per heavy atom. The van der Waals surface area contributed by atoms with E-state index in [4.69, 9.17) is 10.5 Å². The smallest absolute Gasteiger partial charge is 0.222 e. The number of nitrogen functional groups attached to an aromatic ring is 1. The molecule has 0 unspecified atom stereocenters. The van der Waals surface area contributed by atoms with E-state index < -0.39 is 0 Å². The molecule has 0 bridgehead atoms. The molecule has 0 amide bonds. The second kappa shape index (κ2) is 4.56. The number of rotatable bonds is 3. The predicted octanol–water partition coefficient (Wildman–Crippen LogP) is 1.47. The average molecular weight is 255 g/mol. The number of nitrogens with zero attached hydrogens (tertiary/aromatic N) is 4. The third-order valence-electron chi connectivity index (χ3n) is 2.86. The van der Waals surface area contributed by atoms with E-state index in [1.807, 2.05) is 28.8 Å². The van der Waals surface area contributed by atoms with Gasteiger partial charge in [-0.15, -0.1) is 0 Å². The number of methoxy groups -OCH3 is 1. The topological polar surface area (TPSA) is 78.8 Å². The lowest BCUT2D eigenvalue weighted by molar-refractivity contribution is 0.414. The molecule has 0 aliphatic carbocycles. The molecule has 96 valence electrons. The molecule has 0 saturated heterocycles. The Morgan fingerprint density at radius 1 is 1.32 bits per heavy atom. The molecule has 0 atom stereocenters. The number of hydrogen-bond acceptors (Lipinski definition) is 5. The van der Waals surface area contributed by atoms with Crippen molar-refractivity contribution in [3.8, 4) is 5.75 Å². The summed E-state index contributed by atoms with van der Waals surface area (Å²) in [6.07, 6.45) is 3.36. The molecule has 19 heavy (non-hydrogen) atoms. The van der Waals surface area contributed by atoms with Crippen molar-refractivity contribution < 1.29 is 4.74 Å². The van der Waals surface area contributed by atoms with Gasteiger partial charge in [0.15, 0.2) is 5.65 Å². The van der Waals surface area contributed by atoms with Gasteiger partial charge in [-0.05, 0) is 17.7 Å². The van der Waals surface area contributed by atoms with Gasteiger partial charge in [0.05, 0.1) is 26.2 Å². The zero-order valence-electron chi connectivity index (χ0n) is 10.4. The Bertz CT molecular complexity index is 722. The molecule has 3 aromatic rings. The van der Waals surface area contributed by atoms with Gasteiger partial charge in [0, 0.05) is 0 Å². The van der Waals surface area contributed by atoms with E-state index in [0.29, 0.717) is 6.54 Å². The van der Waals surface area contributed by atoms with Gasteiger partial charge in [-0.2, -0.15) is 4.98 Å². The van der Waals surface area contributed by atoms with Crippen molar-refractivity contribution in [3.05, 3.63) is 42.4 Å². The quantitative estimate of drug-likeness (QED) is 0.766. The van der Waals surface area contributed by atoms with Crippen molar-refractivity contribution in [2.45, 2.75) is 6.54 Å². The highest BCUT2D eigenvalue weighted by Crippen LogP contribution is 2.16. The second-order valence-corrected chi connectivity index (χ2v) is 4.16. The number of aromatic nitrogens is 4. The lowest BCUT2D eigenvalue weighted by Crippen LogP contribution is -2.01. The molecule has 6 nitrogen and oxygen atoms in total. The number of nitrogens with two attached hydrogens (primary N) is 1. The summed E-state index contributed by atoms with van der Waals surface area (Å²) in [5.41, 5.74) is 8.18. The first kappa shape index (κ1) is 11.5. The zero-order chi connectivity index (χ0) is 13.2. The maximum Gasteiger partial charge on any atom is 0.222 e. The molecule has 0 spiro atoms. The van der Waals surface area contributed by atoms with E-state index in [2.05, 4.69) is 15.0 Å². The van der Waals surface area contributed by atoms with Gasteiger partial charge in [-0.3, -0.25) is 0 Å². The Morgan fingerprint density at radius 3 is 3.05 bits per heavy atom. The fourth-order valence-electron chi connectivity index (χ4n) is 1.95. The third-order valence-corrected chi connectivity index (χ3v) is 2.86. The summed E-state index contributed by atoms with van der Waals surface area (Å²) in [6.45, 7) is 0.657. The third kappa shape index (κ3) is 2.20. The van der Waals surface area contributed by atoms with E-state index in [1.54, 1.807) is 19.6 Å². The Labute approximate surface area is 109 Å². The molecule has 2 heterocycles. The van der Waals surface area contributed by atoms with Crippen molar-refractivity contribution in [2.75, 3.05) is 12.8 Å². The average Bonchev–Trinajstić information content (AvgIpc) is 2.81. The zero-order valence-corrected chi connectivity index (χ0v) is 10.4. The van der Waals surface area contributed by atoms with Crippen molar-refractivity contribution in [2.24, 2.45) is 0 Å². The van der Waals surface area contributed by atoms with Crippen molar-refractivity contribution in [3.63, 3.8) is 0 Å². The summed E-state index contributed by atoms with van der Waals surface area (Å²) in [6, 6.07) is 7.88. The van der Waals surface area contributed by atoms with Crippen LogP contribution in [-0.2, 0) is 6.54 Å². The highest BCUT2D eigenvalue weighted by Gasteiger charge is 2.06. The SMILES string of the molecule is COc1cccc(Cn2cnc3cnc(N)nc32)c1. The number of imidazole rings is 1. The van der Waals surface area contributed by atoms with Crippen molar-refractivity contribution >= 4 is 17.1 Å². The molecule has 0 fully saturated rings. The van der Waals surface area contributed by atoms with Crippen LogP contribution in [0, 0.1) is 0 Å². The largest absolute Gasteiger partial charge is 0.497 e. The highest BCUT2D eigenvalue weighted by molar-refractivity contribution is 5.70. The molecule has 1 aromatic carbocycles. The Kier molecular flexibility index (Phi) is 2.75. The normalized spacial score (nSPS) is 10.8. The highest BCUT2D eigenvalue weighted by atomic mass is 16.5. The number of fused-ring (bicyclic) bond motifs is 1. The monoisotopic (exact) mass is 255 g/mol. The maximum absolute atomic E-state index is 5.61. The number of ether oxygens (including phenoxy) is 1. The predicted molar refractivity (Wildman–Crippen MR) is 71.8 cm³/mol. The molecule has 3 rings (SSSR count). The summed E-state index contributed by atoms with van der Waals surface area (Å²) in [5, 5.41) is 0. The minimum Gasteiger partial charge on any atom is -0.497 e. The van der Waals surface area contributed by atoms with Gasteiger partial charge in [0.2, 0.25) is 5.95 Å². The summed E-state index contributed by atoms with van der Waals surface area (Å²) >= 11 is 0.